The Bertz CT molecular complexity index is 530. The van der Waals surface area contributed by atoms with Crippen LogP contribution < -0.4 is 14.2 Å². The quantitative estimate of drug-likeness (QED) is 0.713. The van der Waals surface area contributed by atoms with Gasteiger partial charge in [0, 0.05) is 12.6 Å². The Morgan fingerprint density at radius 3 is 2.74 bits per heavy atom. The Kier molecular flexibility index (Phi) is 5.58. The van der Waals surface area contributed by atoms with E-state index in [1.807, 2.05) is 0 Å². The first kappa shape index (κ1) is 15.3. The molecule has 0 atom stereocenters. The molecule has 0 aromatic heterocycles. The van der Waals surface area contributed by atoms with Crippen LogP contribution in [-0.4, -0.2) is 34.6 Å². The lowest BCUT2D eigenvalue weighted by Gasteiger charge is -2.10. The zero-order valence-electron chi connectivity index (χ0n) is 10.7. The van der Waals surface area contributed by atoms with Gasteiger partial charge >= 0.3 is 5.97 Å². The molecule has 1 rings (SSSR count). The first-order valence-corrected chi connectivity index (χ1v) is 7.02. The molecule has 7 nitrogen and oxygen atoms in total. The molecule has 8 heteroatoms. The summed E-state index contributed by atoms with van der Waals surface area (Å²) in [6.45, 7) is 1.73. The van der Waals surface area contributed by atoms with Gasteiger partial charge in [0.15, 0.2) is 6.61 Å². The fourth-order valence-electron chi connectivity index (χ4n) is 1.23. The third kappa shape index (κ3) is 5.58. The molecule has 0 amide bonds. The number of benzene rings is 1. The van der Waals surface area contributed by atoms with E-state index < -0.39 is 16.2 Å². The summed E-state index contributed by atoms with van der Waals surface area (Å²) < 4.78 is 37.2. The van der Waals surface area contributed by atoms with Crippen LogP contribution in [0.2, 0.25) is 0 Å². The molecule has 0 aliphatic heterocycles. The van der Waals surface area contributed by atoms with Crippen molar-refractivity contribution >= 4 is 21.9 Å². The van der Waals surface area contributed by atoms with Crippen LogP contribution in [0.3, 0.4) is 0 Å². The van der Waals surface area contributed by atoms with Crippen molar-refractivity contribution in [2.75, 3.05) is 25.0 Å². The van der Waals surface area contributed by atoms with Crippen molar-refractivity contribution in [2.45, 2.75) is 6.92 Å². The van der Waals surface area contributed by atoms with Gasteiger partial charge in [-0.15, -0.1) is 0 Å². The van der Waals surface area contributed by atoms with Crippen LogP contribution in [-0.2, 0) is 19.7 Å². The maximum Gasteiger partial charge on any atom is 0.343 e. The molecule has 106 valence electrons. The summed E-state index contributed by atoms with van der Waals surface area (Å²) >= 11 is 0. The highest BCUT2D eigenvalue weighted by atomic mass is 32.2. The summed E-state index contributed by atoms with van der Waals surface area (Å²) in [5.41, 5.74) is 0.336. The summed E-state index contributed by atoms with van der Waals surface area (Å²) in [5.74, 6) is -0.152. The average Bonchev–Trinajstić information content (AvgIpc) is 2.35. The zero-order valence-corrected chi connectivity index (χ0v) is 11.5. The molecule has 0 unspecified atom stereocenters. The number of carbonyl (C=O) groups excluding carboxylic acids is 1. The van der Waals surface area contributed by atoms with Crippen molar-refractivity contribution < 1.29 is 22.7 Å². The summed E-state index contributed by atoms with van der Waals surface area (Å²) in [6.07, 6.45) is 0. The van der Waals surface area contributed by atoms with Crippen LogP contribution in [0, 0.1) is 0 Å². The molecule has 0 fully saturated rings. The Morgan fingerprint density at radius 2 is 2.11 bits per heavy atom. The van der Waals surface area contributed by atoms with Gasteiger partial charge in [0.2, 0.25) is 0 Å². The second-order valence-corrected chi connectivity index (χ2v) is 5.00. The van der Waals surface area contributed by atoms with E-state index >= 15 is 0 Å². The summed E-state index contributed by atoms with van der Waals surface area (Å²) in [5, 5.41) is 0. The van der Waals surface area contributed by atoms with Gasteiger partial charge in [0.05, 0.1) is 12.8 Å². The van der Waals surface area contributed by atoms with E-state index in [2.05, 4.69) is 14.2 Å². The van der Waals surface area contributed by atoms with Gasteiger partial charge in [-0.1, -0.05) is 13.0 Å². The third-order valence-electron chi connectivity index (χ3n) is 2.00. The molecular formula is C11H16N2O5S. The topological polar surface area (TPSA) is 93.7 Å². The number of hydrogen-bond acceptors (Lipinski definition) is 5. The maximum absolute atomic E-state index is 11.5. The van der Waals surface area contributed by atoms with Crippen LogP contribution in [0.15, 0.2) is 24.3 Å². The predicted octanol–water partition coefficient (Wildman–Crippen LogP) is 0.505. The molecule has 1 aromatic rings. The Hall–Kier alpha value is -1.80. The highest BCUT2D eigenvalue weighted by molar-refractivity contribution is 7.90. The molecule has 19 heavy (non-hydrogen) atoms. The van der Waals surface area contributed by atoms with Crippen LogP contribution in [0.1, 0.15) is 6.92 Å². The molecule has 0 saturated carbocycles. The molecule has 0 saturated heterocycles. The molecule has 0 spiro atoms. The van der Waals surface area contributed by atoms with E-state index in [0.29, 0.717) is 11.4 Å². The highest BCUT2D eigenvalue weighted by Crippen LogP contribution is 2.18. The van der Waals surface area contributed by atoms with Crippen molar-refractivity contribution in [1.82, 2.24) is 4.72 Å². The largest absolute Gasteiger partial charge is 0.482 e. The number of hydrogen-bond donors (Lipinski definition) is 2. The number of carbonyl (C=O) groups is 1. The minimum absolute atomic E-state index is 0.236. The number of anilines is 1. The van der Waals surface area contributed by atoms with Gasteiger partial charge in [-0.3, -0.25) is 4.72 Å². The second kappa shape index (κ2) is 6.95. The summed E-state index contributed by atoms with van der Waals surface area (Å²) in [4.78, 5) is 10.9. The first-order valence-electron chi connectivity index (χ1n) is 5.54. The minimum Gasteiger partial charge on any atom is -0.482 e. The lowest BCUT2D eigenvalue weighted by Crippen LogP contribution is -2.29. The Balaban J connectivity index is 2.69. The van der Waals surface area contributed by atoms with Crippen LogP contribution in [0.25, 0.3) is 0 Å². The molecular weight excluding hydrogens is 272 g/mol. The van der Waals surface area contributed by atoms with Gasteiger partial charge in [0.1, 0.15) is 5.75 Å². The molecule has 0 radical (unpaired) electrons. The molecule has 1 aromatic carbocycles. The van der Waals surface area contributed by atoms with E-state index in [9.17, 15) is 13.2 Å². The predicted molar refractivity (Wildman–Crippen MR) is 70.2 cm³/mol. The SMILES string of the molecule is CCNS(=O)(=O)Nc1cccc(OCC(=O)OC)c1. The van der Waals surface area contributed by atoms with E-state index in [4.69, 9.17) is 4.74 Å². The van der Waals surface area contributed by atoms with Crippen LogP contribution in [0.5, 0.6) is 5.75 Å². The van der Waals surface area contributed by atoms with Gasteiger partial charge in [0.25, 0.3) is 10.2 Å². The smallest absolute Gasteiger partial charge is 0.343 e. The maximum atomic E-state index is 11.5. The Labute approximate surface area is 112 Å². The number of rotatable bonds is 7. The number of methoxy groups -OCH3 is 1. The fourth-order valence-corrected chi connectivity index (χ4v) is 2.12. The lowest BCUT2D eigenvalue weighted by molar-refractivity contribution is -0.142. The highest BCUT2D eigenvalue weighted by Gasteiger charge is 2.08. The standard InChI is InChI=1S/C11H16N2O5S/c1-3-12-19(15,16)13-9-5-4-6-10(7-9)18-8-11(14)17-2/h4-7,12-13H,3,8H2,1-2H3. The van der Waals surface area contributed by atoms with E-state index in [0.717, 1.165) is 0 Å². The normalized spacial score (nSPS) is 10.8. The average molecular weight is 288 g/mol. The van der Waals surface area contributed by atoms with Crippen molar-refractivity contribution in [3.8, 4) is 5.75 Å². The van der Waals surface area contributed by atoms with E-state index in [1.54, 1.807) is 25.1 Å². The number of ether oxygens (including phenoxy) is 2. The van der Waals surface area contributed by atoms with Crippen molar-refractivity contribution in [1.29, 1.82) is 0 Å². The summed E-state index contributed by atoms with van der Waals surface area (Å²) in [7, 11) is -2.33. The van der Waals surface area contributed by atoms with Crippen LogP contribution >= 0.6 is 0 Å². The van der Waals surface area contributed by atoms with Gasteiger partial charge in [-0.25, -0.2) is 4.79 Å². The molecule has 0 bridgehead atoms. The summed E-state index contributed by atoms with van der Waals surface area (Å²) in [6, 6.07) is 6.25. The monoisotopic (exact) mass is 288 g/mol. The zero-order chi connectivity index (χ0) is 14.3. The van der Waals surface area contributed by atoms with Gasteiger partial charge < -0.3 is 9.47 Å². The van der Waals surface area contributed by atoms with Crippen molar-refractivity contribution in [3.63, 3.8) is 0 Å². The lowest BCUT2D eigenvalue weighted by atomic mass is 10.3. The van der Waals surface area contributed by atoms with E-state index in [1.165, 1.54) is 13.2 Å². The minimum atomic E-state index is -3.58. The molecule has 0 heterocycles. The molecule has 2 N–H and O–H groups in total. The first-order chi connectivity index (χ1) is 8.96. The Morgan fingerprint density at radius 1 is 1.37 bits per heavy atom. The number of esters is 1. The molecule has 0 aliphatic carbocycles. The van der Waals surface area contributed by atoms with Gasteiger partial charge in [-0.05, 0) is 12.1 Å². The molecule has 0 aliphatic rings. The van der Waals surface area contributed by atoms with Gasteiger partial charge in [-0.2, -0.15) is 13.1 Å². The third-order valence-corrected chi connectivity index (χ3v) is 3.18. The van der Waals surface area contributed by atoms with E-state index in [-0.39, 0.29) is 13.2 Å². The fraction of sp³-hybridized carbons (Fsp3) is 0.364. The van der Waals surface area contributed by atoms with Crippen molar-refractivity contribution in [3.05, 3.63) is 24.3 Å². The van der Waals surface area contributed by atoms with Crippen LogP contribution in [0.4, 0.5) is 5.69 Å². The number of nitrogens with one attached hydrogen (secondary N) is 2. The van der Waals surface area contributed by atoms with Crippen molar-refractivity contribution in [2.24, 2.45) is 0 Å². The second-order valence-electron chi connectivity index (χ2n) is 3.50.